The minimum absolute atomic E-state index is 0.0359. The Morgan fingerprint density at radius 2 is 0.830 bits per heavy atom. The van der Waals surface area contributed by atoms with Crippen LogP contribution in [0, 0.1) is 52.5 Å². The number of methoxy groups -OCH3 is 7. The van der Waals surface area contributed by atoms with Crippen LogP contribution in [0.25, 0.3) is 4.85 Å². The summed E-state index contributed by atoms with van der Waals surface area (Å²) < 4.78 is 45.5. The number of aromatic carboxylic acids is 1. The predicted molar refractivity (Wildman–Crippen MR) is 390 cm³/mol. The molecule has 19 nitrogen and oxygen atoms in total. The number of rotatable bonds is 16. The first-order valence-electron chi connectivity index (χ1n) is 26.5. The summed E-state index contributed by atoms with van der Waals surface area (Å²) in [4.78, 5) is 51.9. The van der Waals surface area contributed by atoms with Gasteiger partial charge in [-0.05, 0) is 217 Å². The number of halogens is 9. The second-order valence-corrected chi connectivity index (χ2v) is 25.0. The van der Waals surface area contributed by atoms with Gasteiger partial charge in [0.15, 0.2) is 0 Å². The number of aromatic hydroxyl groups is 1. The molecule has 0 aliphatic rings. The molecule has 0 atom stereocenters. The summed E-state index contributed by atoms with van der Waals surface area (Å²) in [5.41, 5.74) is 11.5. The first-order chi connectivity index (χ1) is 44.5. The van der Waals surface area contributed by atoms with Gasteiger partial charge < -0.3 is 63.2 Å². The molecule has 7 rings (SSSR count). The lowest BCUT2D eigenvalue weighted by Crippen LogP contribution is -2.03. The number of benzene rings is 7. The fourth-order valence-electron chi connectivity index (χ4n) is 7.39. The van der Waals surface area contributed by atoms with E-state index in [-0.39, 0.29) is 54.1 Å². The van der Waals surface area contributed by atoms with E-state index in [1.165, 1.54) is 53.1 Å². The zero-order valence-corrected chi connectivity index (χ0v) is 67.1. The molecule has 0 spiro atoms. The molecule has 0 saturated heterocycles. The largest absolute Gasteiger partial charge is 0.508 e. The average molecular weight is 1880 g/mol. The third-order valence-corrected chi connectivity index (χ3v) is 20.7. The van der Waals surface area contributed by atoms with Crippen LogP contribution in [0.2, 0.25) is 0 Å². The van der Waals surface area contributed by atoms with E-state index in [1.807, 2.05) is 57.2 Å². The smallest absolute Gasteiger partial charge is 0.373 e. The summed E-state index contributed by atoms with van der Waals surface area (Å²) in [6, 6.07) is 26.9. The van der Waals surface area contributed by atoms with Crippen molar-refractivity contribution in [2.75, 3.05) is 49.8 Å². The molecule has 0 bridgehead atoms. The van der Waals surface area contributed by atoms with Crippen molar-refractivity contribution in [2.24, 2.45) is 0 Å². The van der Waals surface area contributed by atoms with E-state index >= 15 is 0 Å². The molecule has 7 aromatic carbocycles. The second-order valence-electron chi connectivity index (χ2n) is 18.4. The number of esters is 1. The van der Waals surface area contributed by atoms with Crippen molar-refractivity contribution >= 4 is 168 Å². The van der Waals surface area contributed by atoms with Gasteiger partial charge in [-0.2, -0.15) is 14.9 Å². The Bertz CT molecular complexity index is 3560. The number of hydrogen-bond donors (Lipinski definition) is 4. The van der Waals surface area contributed by atoms with E-state index in [1.54, 1.807) is 71.9 Å². The molecule has 0 heterocycles. The summed E-state index contributed by atoms with van der Waals surface area (Å²) >= 11 is 30.3. The third kappa shape index (κ3) is 29.6. The molecule has 0 aliphatic carbocycles. The number of nitriles is 1. The minimum Gasteiger partial charge on any atom is -0.508 e. The number of carboxylic acid groups (broad SMARTS) is 1. The normalized spacial score (nSPS) is 9.50. The summed E-state index contributed by atoms with van der Waals surface area (Å²) in [7, 11) is 10.8. The second kappa shape index (κ2) is 47.9. The van der Waals surface area contributed by atoms with E-state index in [0.717, 1.165) is 72.3 Å². The van der Waals surface area contributed by atoms with Crippen molar-refractivity contribution in [3.8, 4) is 52.1 Å². The molecule has 94 heavy (non-hydrogen) atoms. The molecule has 0 fully saturated rings. The van der Waals surface area contributed by atoms with Crippen LogP contribution < -0.4 is 33.2 Å². The highest BCUT2D eigenvalue weighted by Gasteiger charge is 2.17. The van der Waals surface area contributed by atoms with E-state index in [4.69, 9.17) is 70.3 Å². The topological polar surface area (TPSA) is 268 Å². The van der Waals surface area contributed by atoms with Crippen LogP contribution in [0.4, 0.5) is 0 Å². The van der Waals surface area contributed by atoms with Crippen LogP contribution in [0.5, 0.6) is 46.0 Å². The van der Waals surface area contributed by atoms with Gasteiger partial charge in [-0.3, -0.25) is 4.79 Å². The number of carboxylic acids is 1. The Balaban J connectivity index is 0.00000107. The summed E-state index contributed by atoms with van der Waals surface area (Å²) in [5.74, 6) is 2.99. The quantitative estimate of drug-likeness (QED) is 0.0303. The lowest BCUT2D eigenvalue weighted by molar-refractivity contribution is -0.191. The number of carbonyl (C=O) groups excluding carboxylic acids is 4. The first-order valence-corrected chi connectivity index (χ1v) is 34.3. The van der Waals surface area contributed by atoms with Gasteiger partial charge >= 0.3 is 18.1 Å². The first kappa shape index (κ1) is 88.2. The van der Waals surface area contributed by atoms with E-state index in [0.29, 0.717) is 51.9 Å². The molecule has 28 heteroatoms. The number of phenols is 1. The van der Waals surface area contributed by atoms with E-state index < -0.39 is 5.97 Å². The average Bonchev–Trinajstić information content (AvgIpc) is 0.894. The predicted octanol–water partition coefficient (Wildman–Crippen LogP) is 18.1. The SMILES string of the molecule is COC(=O)c1cc(OC)cc(C)c1Br.COc1cc(C)c(Br)c(C)c1.COc1cc(CBr)c(Br)c(CBr)c1.COc1cc(CO)c(Br)c(CO)c1.COc1cc(OC=O)c(Br)c(C(=O)O)c1.Cc1cc(O)cc(C)c1Br.O=C=O.[C-]#[N+]Cc1cc(OC)cc(CC#N)c1Br. The fourth-order valence-corrected chi connectivity index (χ4v) is 11.9. The molecule has 0 aliphatic heterocycles. The highest BCUT2D eigenvalue weighted by molar-refractivity contribution is 9.11. The molecule has 0 aromatic heterocycles. The number of ether oxygens (including phenoxy) is 8. The third-order valence-electron chi connectivity index (χ3n) is 12.0. The standard InChI is InChI=1S/C11H9BrN2O.C10H11BrO3.C9H9Br3O.C9H7BrO5.C9H11BrO3.C9H11BrO.C8H9BrO.CO2/c1-14-7-9-6-10(15-2)5-8(3-4-13)11(9)12;1-6-4-7(13-2)5-8(9(6)11)10(12)14-3;1-13-8-2-6(4-10)9(12)7(3-8)5-11;1-14-5-2-6(9(12)13)8(10)7(3-5)15-4-11;1-13-8-2-6(4-11)9(10)7(3-8)5-12;1-6-4-8(11-3)5-7(2)9(6)10;1-5-3-7(10)4-6(2)8(5)9;2-1-3/h5-6H,3,7H2,2H3;4-5H,1-3H3;2-3H,4-5H2,1H3;2-4H,1H3,(H,12,13);2-3,11-12H,4-5H2,1H3;4-5H,1-3H3;3-4,10H,1-2H3;. The highest BCUT2D eigenvalue weighted by atomic mass is 79.9. The Hall–Kier alpha value is -5.85. The van der Waals surface area contributed by atoms with Crippen molar-refractivity contribution in [3.63, 3.8) is 0 Å². The van der Waals surface area contributed by atoms with Crippen LogP contribution >= 0.6 is 143 Å². The van der Waals surface area contributed by atoms with Crippen LogP contribution in [-0.2, 0) is 56.0 Å². The lowest BCUT2D eigenvalue weighted by atomic mass is 10.1. The Labute approximate surface area is 622 Å². The minimum atomic E-state index is -1.14. The number of phenolic OH excluding ortho intramolecular Hbond substituents is 1. The van der Waals surface area contributed by atoms with Gasteiger partial charge in [0.1, 0.15) is 46.0 Å². The molecule has 0 unspecified atom stereocenters. The number of alkyl halides is 2. The van der Waals surface area contributed by atoms with Crippen LogP contribution in [0.1, 0.15) is 81.9 Å². The Morgan fingerprint density at radius 3 is 1.19 bits per heavy atom. The molecular weight excluding hydrogens is 1810 g/mol. The Morgan fingerprint density at radius 1 is 0.500 bits per heavy atom. The van der Waals surface area contributed by atoms with Crippen molar-refractivity contribution < 1.29 is 82.3 Å². The van der Waals surface area contributed by atoms with Crippen LogP contribution in [-0.4, -0.2) is 94.8 Å². The lowest BCUT2D eigenvalue weighted by Gasteiger charge is -2.09. The number of nitrogens with zero attached hydrogens (tertiary/aromatic N) is 2. The maximum absolute atomic E-state index is 11.3. The Kier molecular flexibility index (Phi) is 45.0. The fraction of sp³-hybridized carbons (Fsp3) is 0.273. The molecule has 7 aromatic rings. The van der Waals surface area contributed by atoms with Crippen LogP contribution in [0.15, 0.2) is 116 Å². The number of aliphatic hydroxyl groups is 2. The summed E-state index contributed by atoms with van der Waals surface area (Å²) in [6.45, 7) is 17.1. The molecule has 0 saturated carbocycles. The maximum atomic E-state index is 11.3. The molecule has 506 valence electrons. The monoisotopic (exact) mass is 1870 g/mol. The molecular formula is C66H67Br9N2O17. The van der Waals surface area contributed by atoms with Gasteiger partial charge in [0, 0.05) is 49.1 Å². The van der Waals surface area contributed by atoms with Gasteiger partial charge in [0.2, 0.25) is 6.54 Å². The number of hydrogen-bond acceptors (Lipinski definition) is 17. The van der Waals surface area contributed by atoms with E-state index in [9.17, 15) is 14.4 Å². The highest BCUT2D eigenvalue weighted by Crippen LogP contribution is 2.35. The molecule has 4 N–H and O–H groups in total. The molecule has 0 amide bonds. The van der Waals surface area contributed by atoms with Crippen LogP contribution in [0.3, 0.4) is 0 Å². The van der Waals surface area contributed by atoms with Gasteiger partial charge in [0.25, 0.3) is 6.47 Å². The van der Waals surface area contributed by atoms with Gasteiger partial charge in [-0.25, -0.2) is 16.2 Å². The van der Waals surface area contributed by atoms with E-state index in [2.05, 4.69) is 178 Å². The van der Waals surface area contributed by atoms with Gasteiger partial charge in [-0.15, -0.1) is 0 Å². The molecule has 0 radical (unpaired) electrons. The number of carbonyl (C=O) groups is 3. The summed E-state index contributed by atoms with van der Waals surface area (Å²) in [6.07, 6.45) is 0.558. The van der Waals surface area contributed by atoms with Crippen molar-refractivity contribution in [3.05, 3.63) is 200 Å². The zero-order chi connectivity index (χ0) is 71.9. The number of aliphatic hydroxyl groups excluding tert-OH is 2. The van der Waals surface area contributed by atoms with Crippen molar-refractivity contribution in [1.82, 2.24) is 0 Å². The number of aryl methyl sites for hydroxylation is 5. The van der Waals surface area contributed by atoms with Crippen molar-refractivity contribution in [1.29, 1.82) is 5.26 Å². The maximum Gasteiger partial charge on any atom is 0.373 e. The zero-order valence-electron chi connectivity index (χ0n) is 52.8. The summed E-state index contributed by atoms with van der Waals surface area (Å²) in [5, 5.41) is 46.2. The van der Waals surface area contributed by atoms with Gasteiger partial charge in [-0.1, -0.05) is 95.6 Å². The van der Waals surface area contributed by atoms with Crippen molar-refractivity contribution in [2.45, 2.75) is 71.5 Å². The van der Waals surface area contributed by atoms with Gasteiger partial charge in [0.05, 0.1) is 91.1 Å².